The molecule has 2 aromatic rings. The van der Waals surface area contributed by atoms with E-state index in [0.29, 0.717) is 11.8 Å². The van der Waals surface area contributed by atoms with E-state index in [1.807, 2.05) is 43.1 Å². The van der Waals surface area contributed by atoms with Gasteiger partial charge in [0.25, 0.3) is 5.91 Å². The number of aryl methyl sites for hydroxylation is 1. The summed E-state index contributed by atoms with van der Waals surface area (Å²) in [7, 11) is 1.93. The fraction of sp³-hybridized carbons (Fsp3) is 0.440. The van der Waals surface area contributed by atoms with Crippen LogP contribution in [0.4, 0.5) is 5.69 Å². The predicted octanol–water partition coefficient (Wildman–Crippen LogP) is 6.66. The Kier molecular flexibility index (Phi) is 5.52. The average Bonchev–Trinajstić information content (AvgIpc) is 3.55. The van der Waals surface area contributed by atoms with Gasteiger partial charge >= 0.3 is 0 Å². The molecule has 0 N–H and O–H groups in total. The van der Waals surface area contributed by atoms with Crippen molar-refractivity contribution in [3.8, 4) is 0 Å². The van der Waals surface area contributed by atoms with Gasteiger partial charge in [-0.3, -0.25) is 9.79 Å². The van der Waals surface area contributed by atoms with Gasteiger partial charge < -0.3 is 4.90 Å². The molecule has 2 aliphatic rings. The minimum Gasteiger partial charge on any atom is -0.333 e. The Bertz CT molecular complexity index is 977. The van der Waals surface area contributed by atoms with Gasteiger partial charge in [0, 0.05) is 23.3 Å². The molecule has 29 heavy (non-hydrogen) atoms. The molecule has 0 saturated heterocycles. The zero-order valence-corrected chi connectivity index (χ0v) is 18.5. The van der Waals surface area contributed by atoms with E-state index in [2.05, 4.69) is 26.0 Å². The summed E-state index contributed by atoms with van der Waals surface area (Å²) in [5.41, 5.74) is 6.58. The number of hydrogen-bond acceptors (Lipinski definition) is 2. The SMILES string of the molecule is CCC(=Nc1ccc(Cl)cc1C)C1CC(C)c2c(cccc2C2CC2)C(=O)N1C. The summed E-state index contributed by atoms with van der Waals surface area (Å²) in [6.07, 6.45) is 4.20. The van der Waals surface area contributed by atoms with Crippen molar-refractivity contribution in [2.24, 2.45) is 4.99 Å². The standard InChI is InChI=1S/C25H29ClN2O/c1-5-21(27-22-12-11-18(26)13-15(22)2)23-14-16(3)24-19(17-9-10-17)7-6-8-20(24)25(29)28(23)4/h6-8,11-13,16-17,23H,5,9-10,14H2,1-4H3. The van der Waals surface area contributed by atoms with Crippen LogP contribution >= 0.6 is 11.6 Å². The summed E-state index contributed by atoms with van der Waals surface area (Å²) >= 11 is 6.11. The second-order valence-corrected chi connectivity index (χ2v) is 8.98. The molecule has 152 valence electrons. The Morgan fingerprint density at radius 3 is 2.66 bits per heavy atom. The molecule has 0 aromatic heterocycles. The highest BCUT2D eigenvalue weighted by molar-refractivity contribution is 6.30. The number of hydrogen-bond donors (Lipinski definition) is 0. The maximum absolute atomic E-state index is 13.4. The molecule has 3 nitrogen and oxygen atoms in total. The minimum atomic E-state index is -0.00275. The summed E-state index contributed by atoms with van der Waals surface area (Å²) in [5.74, 6) is 1.08. The minimum absolute atomic E-state index is 0.00275. The Morgan fingerprint density at radius 2 is 2.00 bits per heavy atom. The number of aliphatic imine (C=N–C) groups is 1. The first-order valence-electron chi connectivity index (χ1n) is 10.6. The zero-order valence-electron chi connectivity index (χ0n) is 17.7. The largest absolute Gasteiger partial charge is 0.333 e. The van der Waals surface area contributed by atoms with Crippen molar-refractivity contribution in [1.82, 2.24) is 4.90 Å². The highest BCUT2D eigenvalue weighted by Crippen LogP contribution is 2.46. The lowest BCUT2D eigenvalue weighted by molar-refractivity contribution is 0.0771. The second-order valence-electron chi connectivity index (χ2n) is 8.54. The molecule has 0 radical (unpaired) electrons. The highest BCUT2D eigenvalue weighted by Gasteiger charge is 2.37. The molecule has 0 bridgehead atoms. The lowest BCUT2D eigenvalue weighted by Crippen LogP contribution is -2.41. The topological polar surface area (TPSA) is 32.7 Å². The van der Waals surface area contributed by atoms with Gasteiger partial charge in [-0.15, -0.1) is 0 Å². The van der Waals surface area contributed by atoms with Gasteiger partial charge in [0.1, 0.15) is 0 Å². The van der Waals surface area contributed by atoms with Crippen molar-refractivity contribution in [2.45, 2.75) is 64.3 Å². The van der Waals surface area contributed by atoms with Gasteiger partial charge in [-0.05, 0) is 85.4 Å². The van der Waals surface area contributed by atoms with Crippen LogP contribution in [0.2, 0.25) is 5.02 Å². The van der Waals surface area contributed by atoms with Gasteiger partial charge in [0.05, 0.1) is 11.7 Å². The van der Waals surface area contributed by atoms with E-state index in [4.69, 9.17) is 16.6 Å². The van der Waals surface area contributed by atoms with E-state index < -0.39 is 0 Å². The van der Waals surface area contributed by atoms with E-state index in [1.54, 1.807) is 0 Å². The first-order chi connectivity index (χ1) is 13.9. The van der Waals surface area contributed by atoms with Crippen LogP contribution in [0.5, 0.6) is 0 Å². The summed E-state index contributed by atoms with van der Waals surface area (Å²) in [5, 5.41) is 0.720. The second kappa shape index (κ2) is 7.95. The molecule has 1 fully saturated rings. The molecule has 1 amide bonds. The first kappa shape index (κ1) is 20.2. The lowest BCUT2D eigenvalue weighted by Gasteiger charge is -2.28. The molecule has 1 saturated carbocycles. The van der Waals surface area contributed by atoms with Crippen LogP contribution in [-0.2, 0) is 0 Å². The molecule has 1 aliphatic heterocycles. The third-order valence-corrected chi connectivity index (χ3v) is 6.65. The highest BCUT2D eigenvalue weighted by atomic mass is 35.5. The van der Waals surface area contributed by atoms with Crippen molar-refractivity contribution < 1.29 is 4.79 Å². The van der Waals surface area contributed by atoms with Crippen molar-refractivity contribution in [1.29, 1.82) is 0 Å². The Morgan fingerprint density at radius 1 is 1.24 bits per heavy atom. The summed E-state index contributed by atoms with van der Waals surface area (Å²) < 4.78 is 0. The van der Waals surface area contributed by atoms with E-state index in [1.165, 1.54) is 24.0 Å². The molecule has 4 heteroatoms. The Labute approximate surface area is 178 Å². The number of carbonyl (C=O) groups is 1. The number of rotatable bonds is 4. The molecular weight excluding hydrogens is 380 g/mol. The Balaban J connectivity index is 1.74. The molecule has 2 aromatic carbocycles. The van der Waals surface area contributed by atoms with Gasteiger partial charge in [-0.1, -0.05) is 37.6 Å². The summed E-state index contributed by atoms with van der Waals surface area (Å²) in [4.78, 5) is 20.3. The number of benzene rings is 2. The number of halogens is 1. The average molecular weight is 409 g/mol. The molecule has 2 atom stereocenters. The van der Waals surface area contributed by atoms with Gasteiger partial charge in [0.15, 0.2) is 0 Å². The molecule has 4 rings (SSSR count). The normalized spacial score (nSPS) is 22.4. The smallest absolute Gasteiger partial charge is 0.254 e. The van der Waals surface area contributed by atoms with Crippen LogP contribution in [-0.4, -0.2) is 29.6 Å². The quantitative estimate of drug-likeness (QED) is 0.521. The molecular formula is C25H29ClN2O. The van der Waals surface area contributed by atoms with E-state index in [-0.39, 0.29) is 11.9 Å². The van der Waals surface area contributed by atoms with Crippen LogP contribution in [0, 0.1) is 6.92 Å². The van der Waals surface area contributed by atoms with Crippen molar-refractivity contribution >= 4 is 28.9 Å². The van der Waals surface area contributed by atoms with Gasteiger partial charge in [-0.25, -0.2) is 0 Å². The van der Waals surface area contributed by atoms with Crippen LogP contribution < -0.4 is 0 Å². The van der Waals surface area contributed by atoms with E-state index in [0.717, 1.165) is 40.4 Å². The number of nitrogens with zero attached hydrogens (tertiary/aromatic N) is 2. The van der Waals surface area contributed by atoms with Crippen molar-refractivity contribution in [3.63, 3.8) is 0 Å². The van der Waals surface area contributed by atoms with Crippen LogP contribution in [0.1, 0.15) is 78.4 Å². The Hall–Kier alpha value is -2.13. The van der Waals surface area contributed by atoms with Crippen molar-refractivity contribution in [2.75, 3.05) is 7.05 Å². The maximum atomic E-state index is 13.4. The van der Waals surface area contributed by atoms with E-state index >= 15 is 0 Å². The number of fused-ring (bicyclic) bond motifs is 1. The van der Waals surface area contributed by atoms with Gasteiger partial charge in [0.2, 0.25) is 0 Å². The molecule has 0 spiro atoms. The fourth-order valence-electron chi connectivity index (χ4n) is 4.66. The van der Waals surface area contributed by atoms with Crippen LogP contribution in [0.15, 0.2) is 41.4 Å². The first-order valence-corrected chi connectivity index (χ1v) is 11.0. The van der Waals surface area contributed by atoms with Gasteiger partial charge in [-0.2, -0.15) is 0 Å². The van der Waals surface area contributed by atoms with Crippen LogP contribution in [0.25, 0.3) is 0 Å². The summed E-state index contributed by atoms with van der Waals surface area (Å²) in [6.45, 7) is 6.42. The van der Waals surface area contributed by atoms with E-state index in [9.17, 15) is 4.79 Å². The monoisotopic (exact) mass is 408 g/mol. The number of amides is 1. The van der Waals surface area contributed by atoms with Crippen LogP contribution in [0.3, 0.4) is 0 Å². The fourth-order valence-corrected chi connectivity index (χ4v) is 4.89. The summed E-state index contributed by atoms with van der Waals surface area (Å²) in [6, 6.07) is 12.1. The molecule has 1 aliphatic carbocycles. The van der Waals surface area contributed by atoms with Crippen molar-refractivity contribution in [3.05, 3.63) is 63.7 Å². The predicted molar refractivity (Wildman–Crippen MR) is 121 cm³/mol. The molecule has 2 unspecified atom stereocenters. The zero-order chi connectivity index (χ0) is 20.7. The number of carbonyl (C=O) groups excluding carboxylic acids is 1. The third-order valence-electron chi connectivity index (χ3n) is 6.41. The molecule has 1 heterocycles. The maximum Gasteiger partial charge on any atom is 0.254 e. The lowest BCUT2D eigenvalue weighted by atomic mass is 9.85. The third kappa shape index (κ3) is 3.85.